The van der Waals surface area contributed by atoms with Crippen molar-refractivity contribution in [1.82, 2.24) is 0 Å². The SMILES string of the molecule is CCOC1CCC(c2ccc(I)c(F)c2F)CC1. The van der Waals surface area contributed by atoms with Crippen molar-refractivity contribution in [3.63, 3.8) is 0 Å². The summed E-state index contributed by atoms with van der Waals surface area (Å²) in [5.41, 5.74) is 0.530. The molecule has 0 N–H and O–H groups in total. The summed E-state index contributed by atoms with van der Waals surface area (Å²) in [6.07, 6.45) is 3.92. The average molecular weight is 366 g/mol. The van der Waals surface area contributed by atoms with Gasteiger partial charge in [0.1, 0.15) is 0 Å². The number of hydrogen-bond acceptors (Lipinski definition) is 1. The van der Waals surface area contributed by atoms with Crippen LogP contribution in [0.3, 0.4) is 0 Å². The summed E-state index contributed by atoms with van der Waals surface area (Å²) < 4.78 is 33.3. The van der Waals surface area contributed by atoms with Crippen LogP contribution in [0.2, 0.25) is 0 Å². The first-order chi connectivity index (χ1) is 8.63. The summed E-state index contributed by atoms with van der Waals surface area (Å²) in [4.78, 5) is 0. The lowest BCUT2D eigenvalue weighted by Crippen LogP contribution is -2.21. The molecule has 4 heteroatoms. The van der Waals surface area contributed by atoms with Crippen LogP contribution in [0.5, 0.6) is 0 Å². The van der Waals surface area contributed by atoms with Crippen LogP contribution < -0.4 is 0 Å². The van der Waals surface area contributed by atoms with Gasteiger partial charge < -0.3 is 4.74 Å². The number of rotatable bonds is 3. The molecule has 0 amide bonds. The summed E-state index contributed by atoms with van der Waals surface area (Å²) in [6.45, 7) is 2.71. The molecule has 18 heavy (non-hydrogen) atoms. The van der Waals surface area contributed by atoms with E-state index in [2.05, 4.69) is 0 Å². The smallest absolute Gasteiger partial charge is 0.172 e. The molecule has 2 rings (SSSR count). The van der Waals surface area contributed by atoms with Gasteiger partial charge in [0.2, 0.25) is 0 Å². The van der Waals surface area contributed by atoms with E-state index in [4.69, 9.17) is 4.74 Å². The van der Waals surface area contributed by atoms with Crippen molar-refractivity contribution >= 4 is 22.6 Å². The van der Waals surface area contributed by atoms with Crippen molar-refractivity contribution < 1.29 is 13.5 Å². The number of halogens is 3. The third kappa shape index (κ3) is 3.02. The Morgan fingerprint density at radius 2 is 1.83 bits per heavy atom. The Labute approximate surface area is 120 Å². The minimum Gasteiger partial charge on any atom is -0.379 e. The molecule has 0 unspecified atom stereocenters. The van der Waals surface area contributed by atoms with Crippen molar-refractivity contribution in [3.05, 3.63) is 32.9 Å². The van der Waals surface area contributed by atoms with Crippen molar-refractivity contribution in [1.29, 1.82) is 0 Å². The molecule has 0 heterocycles. The van der Waals surface area contributed by atoms with Gasteiger partial charge in [-0.15, -0.1) is 0 Å². The van der Waals surface area contributed by atoms with Gasteiger partial charge in [-0.3, -0.25) is 0 Å². The molecule has 0 radical (unpaired) electrons. The van der Waals surface area contributed by atoms with Crippen LogP contribution in [0.4, 0.5) is 8.78 Å². The van der Waals surface area contributed by atoms with E-state index >= 15 is 0 Å². The van der Waals surface area contributed by atoms with Gasteiger partial charge in [0.05, 0.1) is 9.67 Å². The highest BCUT2D eigenvalue weighted by molar-refractivity contribution is 14.1. The predicted octanol–water partition coefficient (Wildman–Crippen LogP) is 4.63. The van der Waals surface area contributed by atoms with Crippen molar-refractivity contribution in [2.45, 2.75) is 44.6 Å². The summed E-state index contributed by atoms with van der Waals surface area (Å²) >= 11 is 1.82. The largest absolute Gasteiger partial charge is 0.379 e. The Morgan fingerprint density at radius 1 is 1.17 bits per heavy atom. The highest BCUT2D eigenvalue weighted by Crippen LogP contribution is 2.36. The van der Waals surface area contributed by atoms with E-state index in [1.54, 1.807) is 12.1 Å². The average Bonchev–Trinajstić information content (AvgIpc) is 2.38. The molecule has 1 aromatic rings. The molecular weight excluding hydrogens is 349 g/mol. The molecular formula is C14H17F2IO. The second-order valence-corrected chi connectivity index (χ2v) is 5.86. The number of hydrogen-bond donors (Lipinski definition) is 0. The van der Waals surface area contributed by atoms with E-state index in [9.17, 15) is 8.78 Å². The van der Waals surface area contributed by atoms with E-state index in [0.29, 0.717) is 15.2 Å². The summed E-state index contributed by atoms with van der Waals surface area (Å²) in [5.74, 6) is -1.24. The van der Waals surface area contributed by atoms with Gasteiger partial charge in [-0.1, -0.05) is 6.07 Å². The Bertz CT molecular complexity index is 415. The highest BCUT2D eigenvalue weighted by atomic mass is 127. The molecule has 0 aliphatic heterocycles. The fourth-order valence-electron chi connectivity index (χ4n) is 2.63. The van der Waals surface area contributed by atoms with Gasteiger partial charge >= 0.3 is 0 Å². The highest BCUT2D eigenvalue weighted by Gasteiger charge is 2.26. The Morgan fingerprint density at radius 3 is 2.44 bits per heavy atom. The molecule has 1 saturated carbocycles. The minimum absolute atomic E-state index is 0.133. The number of benzene rings is 1. The molecule has 1 nitrogen and oxygen atoms in total. The van der Waals surface area contributed by atoms with E-state index in [-0.39, 0.29) is 5.92 Å². The maximum Gasteiger partial charge on any atom is 0.172 e. The first-order valence-electron chi connectivity index (χ1n) is 6.38. The van der Waals surface area contributed by atoms with Gasteiger partial charge in [0.25, 0.3) is 0 Å². The van der Waals surface area contributed by atoms with Crippen LogP contribution in [0.1, 0.15) is 44.1 Å². The van der Waals surface area contributed by atoms with E-state index in [1.807, 2.05) is 29.5 Å². The molecule has 1 fully saturated rings. The first-order valence-corrected chi connectivity index (χ1v) is 7.46. The Balaban J connectivity index is 2.08. The normalized spacial score (nSPS) is 24.2. The lowest BCUT2D eigenvalue weighted by molar-refractivity contribution is 0.0325. The lowest BCUT2D eigenvalue weighted by Gasteiger charge is -2.28. The van der Waals surface area contributed by atoms with E-state index < -0.39 is 11.6 Å². The monoisotopic (exact) mass is 366 g/mol. The fraction of sp³-hybridized carbons (Fsp3) is 0.571. The van der Waals surface area contributed by atoms with Crippen molar-refractivity contribution in [2.75, 3.05) is 6.61 Å². The zero-order valence-corrected chi connectivity index (χ0v) is 12.5. The molecule has 0 bridgehead atoms. The van der Waals surface area contributed by atoms with Crippen molar-refractivity contribution in [3.8, 4) is 0 Å². The molecule has 100 valence electrons. The van der Waals surface area contributed by atoms with Crippen LogP contribution in [0.25, 0.3) is 0 Å². The molecule has 1 aliphatic carbocycles. The van der Waals surface area contributed by atoms with E-state index in [1.165, 1.54) is 0 Å². The molecule has 1 aliphatic rings. The fourth-order valence-corrected chi connectivity index (χ4v) is 3.05. The molecule has 0 saturated heterocycles. The first kappa shape index (κ1) is 14.2. The minimum atomic E-state index is -0.708. The third-order valence-corrected chi connectivity index (χ3v) is 4.41. The quantitative estimate of drug-likeness (QED) is 0.560. The molecule has 1 aromatic carbocycles. The van der Waals surface area contributed by atoms with Crippen molar-refractivity contribution in [2.24, 2.45) is 0 Å². The van der Waals surface area contributed by atoms with E-state index in [0.717, 1.165) is 32.3 Å². The van der Waals surface area contributed by atoms with Gasteiger partial charge in [-0.05, 0) is 72.7 Å². The Hall–Kier alpha value is -0.230. The third-order valence-electron chi connectivity index (χ3n) is 3.58. The van der Waals surface area contributed by atoms with Gasteiger partial charge in [-0.25, -0.2) is 8.78 Å². The van der Waals surface area contributed by atoms with Gasteiger partial charge in [0, 0.05) is 6.61 Å². The molecule has 0 atom stereocenters. The summed E-state index contributed by atoms with van der Waals surface area (Å²) in [5, 5.41) is 0. The standard InChI is InChI=1S/C14H17F2IO/c1-2-18-10-5-3-9(4-6-10)11-7-8-12(17)14(16)13(11)15/h7-10H,2-6H2,1H3. The maximum absolute atomic E-state index is 13.9. The summed E-state index contributed by atoms with van der Waals surface area (Å²) in [6, 6.07) is 3.38. The Kier molecular flexibility index (Phi) is 4.95. The molecule has 0 aromatic heterocycles. The summed E-state index contributed by atoms with van der Waals surface area (Å²) in [7, 11) is 0. The maximum atomic E-state index is 13.9. The van der Waals surface area contributed by atoms with Crippen LogP contribution >= 0.6 is 22.6 Å². The lowest BCUT2D eigenvalue weighted by atomic mass is 9.82. The zero-order chi connectivity index (χ0) is 13.1. The second kappa shape index (κ2) is 6.28. The van der Waals surface area contributed by atoms with Crippen LogP contribution in [0.15, 0.2) is 12.1 Å². The topological polar surface area (TPSA) is 9.23 Å². The van der Waals surface area contributed by atoms with Crippen LogP contribution in [-0.2, 0) is 4.74 Å². The number of ether oxygens (including phenoxy) is 1. The molecule has 0 spiro atoms. The van der Waals surface area contributed by atoms with Gasteiger partial charge in [-0.2, -0.15) is 0 Å². The zero-order valence-electron chi connectivity index (χ0n) is 10.4. The van der Waals surface area contributed by atoms with Crippen LogP contribution in [0, 0.1) is 15.2 Å². The van der Waals surface area contributed by atoms with Crippen LogP contribution in [-0.4, -0.2) is 12.7 Å². The second-order valence-electron chi connectivity index (χ2n) is 4.69. The van der Waals surface area contributed by atoms with Gasteiger partial charge in [0.15, 0.2) is 11.6 Å². The predicted molar refractivity (Wildman–Crippen MR) is 75.7 cm³/mol.